The van der Waals surface area contributed by atoms with Crippen molar-refractivity contribution in [3.05, 3.63) is 57.6 Å². The SMILES string of the molecule is Brc1cc2c(cc1CNC1CCc3ccccc31)OCO2. The molecule has 0 spiro atoms. The second-order valence-corrected chi connectivity index (χ2v) is 6.32. The van der Waals surface area contributed by atoms with Crippen LogP contribution in [-0.2, 0) is 13.0 Å². The molecule has 0 bridgehead atoms. The van der Waals surface area contributed by atoms with Crippen LogP contribution >= 0.6 is 15.9 Å². The zero-order valence-corrected chi connectivity index (χ0v) is 13.2. The van der Waals surface area contributed by atoms with E-state index < -0.39 is 0 Å². The molecule has 0 saturated heterocycles. The van der Waals surface area contributed by atoms with Crippen LogP contribution in [0.1, 0.15) is 29.2 Å². The number of nitrogens with one attached hydrogen (secondary N) is 1. The minimum absolute atomic E-state index is 0.314. The van der Waals surface area contributed by atoms with Gasteiger partial charge in [-0.2, -0.15) is 0 Å². The Morgan fingerprint density at radius 1 is 1.14 bits per heavy atom. The highest BCUT2D eigenvalue weighted by Gasteiger charge is 2.22. The Morgan fingerprint density at radius 3 is 2.86 bits per heavy atom. The molecule has 21 heavy (non-hydrogen) atoms. The monoisotopic (exact) mass is 345 g/mol. The first-order valence-electron chi connectivity index (χ1n) is 7.20. The molecule has 1 N–H and O–H groups in total. The molecule has 1 atom stereocenters. The highest BCUT2D eigenvalue weighted by Crippen LogP contribution is 2.37. The van der Waals surface area contributed by atoms with Crippen LogP contribution in [-0.4, -0.2) is 6.79 Å². The largest absolute Gasteiger partial charge is 0.454 e. The normalized spacial score (nSPS) is 18.8. The van der Waals surface area contributed by atoms with Crippen LogP contribution in [0.4, 0.5) is 0 Å². The molecule has 0 aromatic heterocycles. The molecule has 1 aliphatic carbocycles. The van der Waals surface area contributed by atoms with Crippen molar-refractivity contribution in [2.75, 3.05) is 6.79 Å². The van der Waals surface area contributed by atoms with Gasteiger partial charge in [-0.15, -0.1) is 0 Å². The quantitative estimate of drug-likeness (QED) is 0.913. The van der Waals surface area contributed by atoms with E-state index in [-0.39, 0.29) is 0 Å². The third-order valence-corrected chi connectivity index (χ3v) is 4.95. The van der Waals surface area contributed by atoms with Gasteiger partial charge in [-0.25, -0.2) is 0 Å². The predicted octanol–water partition coefficient (Wildman–Crippen LogP) is 3.95. The van der Waals surface area contributed by atoms with E-state index >= 15 is 0 Å². The van der Waals surface area contributed by atoms with Gasteiger partial charge in [0.15, 0.2) is 11.5 Å². The third kappa shape index (κ3) is 2.43. The molecular weight excluding hydrogens is 330 g/mol. The Morgan fingerprint density at radius 2 is 1.95 bits per heavy atom. The van der Waals surface area contributed by atoms with Crippen molar-refractivity contribution >= 4 is 15.9 Å². The molecule has 4 heteroatoms. The zero-order chi connectivity index (χ0) is 14.2. The second kappa shape index (κ2) is 5.35. The molecular formula is C17H16BrNO2. The van der Waals surface area contributed by atoms with Crippen molar-refractivity contribution < 1.29 is 9.47 Å². The highest BCUT2D eigenvalue weighted by atomic mass is 79.9. The molecule has 1 unspecified atom stereocenters. The number of rotatable bonds is 3. The van der Waals surface area contributed by atoms with Crippen molar-refractivity contribution in [3.8, 4) is 11.5 Å². The lowest BCUT2D eigenvalue weighted by Gasteiger charge is -2.15. The third-order valence-electron chi connectivity index (χ3n) is 4.21. The number of ether oxygens (including phenoxy) is 2. The summed E-state index contributed by atoms with van der Waals surface area (Å²) in [5, 5.41) is 3.66. The molecule has 0 fully saturated rings. The van der Waals surface area contributed by atoms with Gasteiger partial charge in [0, 0.05) is 17.1 Å². The highest BCUT2D eigenvalue weighted by molar-refractivity contribution is 9.10. The molecule has 0 saturated carbocycles. The van der Waals surface area contributed by atoms with E-state index in [2.05, 4.69) is 51.6 Å². The van der Waals surface area contributed by atoms with Gasteiger partial charge >= 0.3 is 0 Å². The van der Waals surface area contributed by atoms with Crippen molar-refractivity contribution in [3.63, 3.8) is 0 Å². The fraction of sp³-hybridized carbons (Fsp3) is 0.294. The van der Waals surface area contributed by atoms with Crippen LogP contribution in [0.3, 0.4) is 0 Å². The molecule has 4 rings (SSSR count). The summed E-state index contributed by atoms with van der Waals surface area (Å²) in [5.41, 5.74) is 4.11. The second-order valence-electron chi connectivity index (χ2n) is 5.47. The fourth-order valence-corrected chi connectivity index (χ4v) is 3.56. The minimum Gasteiger partial charge on any atom is -0.454 e. The summed E-state index contributed by atoms with van der Waals surface area (Å²) in [5.74, 6) is 1.65. The van der Waals surface area contributed by atoms with Gasteiger partial charge in [-0.05, 0) is 41.7 Å². The Balaban J connectivity index is 1.51. The van der Waals surface area contributed by atoms with Gasteiger partial charge in [0.2, 0.25) is 6.79 Å². The van der Waals surface area contributed by atoms with Gasteiger partial charge < -0.3 is 14.8 Å². The van der Waals surface area contributed by atoms with Crippen LogP contribution in [0.15, 0.2) is 40.9 Å². The van der Waals surface area contributed by atoms with E-state index in [1.54, 1.807) is 0 Å². The zero-order valence-electron chi connectivity index (χ0n) is 11.6. The van der Waals surface area contributed by atoms with Crippen LogP contribution < -0.4 is 14.8 Å². The van der Waals surface area contributed by atoms with Gasteiger partial charge in [0.25, 0.3) is 0 Å². The van der Waals surface area contributed by atoms with E-state index in [0.717, 1.165) is 28.9 Å². The molecule has 2 aromatic rings. The Kier molecular flexibility index (Phi) is 3.36. The smallest absolute Gasteiger partial charge is 0.231 e. The van der Waals surface area contributed by atoms with E-state index in [1.165, 1.54) is 23.1 Å². The summed E-state index contributed by atoms with van der Waals surface area (Å²) in [6, 6.07) is 13.2. The average Bonchev–Trinajstić information content (AvgIpc) is 3.11. The van der Waals surface area contributed by atoms with E-state index in [4.69, 9.17) is 9.47 Å². The number of aryl methyl sites for hydroxylation is 1. The van der Waals surface area contributed by atoms with Crippen LogP contribution in [0.25, 0.3) is 0 Å². The van der Waals surface area contributed by atoms with Gasteiger partial charge in [0.05, 0.1) is 0 Å². The van der Waals surface area contributed by atoms with Gasteiger partial charge in [0.1, 0.15) is 0 Å². The molecule has 0 amide bonds. The lowest BCUT2D eigenvalue weighted by molar-refractivity contribution is 0.174. The summed E-state index contributed by atoms with van der Waals surface area (Å²) < 4.78 is 11.9. The maximum Gasteiger partial charge on any atom is 0.231 e. The van der Waals surface area contributed by atoms with Crippen molar-refractivity contribution in [2.45, 2.75) is 25.4 Å². The Hall–Kier alpha value is -1.52. The number of fused-ring (bicyclic) bond motifs is 2. The molecule has 2 aromatic carbocycles. The molecule has 1 heterocycles. The van der Waals surface area contributed by atoms with Gasteiger partial charge in [-0.1, -0.05) is 40.2 Å². The lowest BCUT2D eigenvalue weighted by atomic mass is 10.1. The first-order chi connectivity index (χ1) is 10.3. The van der Waals surface area contributed by atoms with Crippen LogP contribution in [0.5, 0.6) is 11.5 Å². The Bertz CT molecular complexity index is 686. The Labute approximate surface area is 132 Å². The first kappa shape index (κ1) is 13.2. The van der Waals surface area contributed by atoms with Crippen molar-refractivity contribution in [1.29, 1.82) is 0 Å². The standard InChI is InChI=1S/C17H16BrNO2/c18-14-8-17-16(20-10-21-17)7-12(14)9-19-15-6-5-11-3-1-2-4-13(11)15/h1-4,7-8,15,19H,5-6,9-10H2. The topological polar surface area (TPSA) is 30.5 Å². The fourth-order valence-electron chi connectivity index (χ4n) is 3.10. The predicted molar refractivity (Wildman–Crippen MR) is 84.6 cm³/mol. The van der Waals surface area contributed by atoms with Crippen LogP contribution in [0.2, 0.25) is 0 Å². The molecule has 108 valence electrons. The average molecular weight is 346 g/mol. The van der Waals surface area contributed by atoms with E-state index in [1.807, 2.05) is 6.07 Å². The summed E-state index contributed by atoms with van der Waals surface area (Å²) in [6.45, 7) is 1.13. The van der Waals surface area contributed by atoms with E-state index in [9.17, 15) is 0 Å². The first-order valence-corrected chi connectivity index (χ1v) is 8.00. The molecule has 0 radical (unpaired) electrons. The summed E-state index contributed by atoms with van der Waals surface area (Å²) in [7, 11) is 0. The van der Waals surface area contributed by atoms with Crippen LogP contribution in [0, 0.1) is 0 Å². The molecule has 3 nitrogen and oxygen atoms in total. The maximum atomic E-state index is 5.45. The number of halogens is 1. The number of hydrogen-bond donors (Lipinski definition) is 1. The van der Waals surface area contributed by atoms with Crippen molar-refractivity contribution in [2.24, 2.45) is 0 Å². The minimum atomic E-state index is 0.314. The summed E-state index contributed by atoms with van der Waals surface area (Å²) in [4.78, 5) is 0. The molecule has 1 aliphatic heterocycles. The lowest BCUT2D eigenvalue weighted by Crippen LogP contribution is -2.18. The van der Waals surface area contributed by atoms with E-state index in [0.29, 0.717) is 12.8 Å². The summed E-state index contributed by atoms with van der Waals surface area (Å²) in [6.07, 6.45) is 2.33. The molecule has 2 aliphatic rings. The maximum absolute atomic E-state index is 5.45. The van der Waals surface area contributed by atoms with Gasteiger partial charge in [-0.3, -0.25) is 0 Å². The van der Waals surface area contributed by atoms with Crippen molar-refractivity contribution in [1.82, 2.24) is 5.32 Å². The summed E-state index contributed by atoms with van der Waals surface area (Å²) >= 11 is 3.62. The number of benzene rings is 2. The number of hydrogen-bond acceptors (Lipinski definition) is 3.